The quantitative estimate of drug-likeness (QED) is 0.750. The van der Waals surface area contributed by atoms with Crippen LogP contribution in [0.25, 0.3) is 0 Å². The molecule has 1 aliphatic carbocycles. The number of Topliss-reactive ketones (excluding diaryl/α,β-unsaturated/α-hetero) is 1. The van der Waals surface area contributed by atoms with E-state index in [1.807, 2.05) is 6.07 Å². The highest BCUT2D eigenvalue weighted by Crippen LogP contribution is 2.36. The van der Waals surface area contributed by atoms with Gasteiger partial charge >= 0.3 is 0 Å². The maximum absolute atomic E-state index is 12.4. The Bertz CT molecular complexity index is 384. The second-order valence-corrected chi connectivity index (χ2v) is 4.18. The molecule has 0 aromatic heterocycles. The molecular formula is C14H17O3. The summed E-state index contributed by atoms with van der Waals surface area (Å²) in [5.74, 6) is 2.26. The fourth-order valence-electron chi connectivity index (χ4n) is 2.28. The molecule has 91 valence electrons. The van der Waals surface area contributed by atoms with Gasteiger partial charge in [-0.15, -0.1) is 0 Å². The molecule has 1 aromatic rings. The minimum atomic E-state index is 0.0804. The minimum Gasteiger partial charge on any atom is -0.496 e. The number of ketones is 1. The van der Waals surface area contributed by atoms with E-state index in [0.717, 1.165) is 31.6 Å². The monoisotopic (exact) mass is 233 g/mol. The summed E-state index contributed by atoms with van der Waals surface area (Å²) in [6.07, 6.45) is 4.02. The molecule has 3 heteroatoms. The largest absolute Gasteiger partial charge is 0.496 e. The molecule has 0 amide bonds. The zero-order valence-electron chi connectivity index (χ0n) is 10.3. The normalized spacial score (nSPS) is 15.9. The number of hydrogen-bond donors (Lipinski definition) is 0. The predicted octanol–water partition coefficient (Wildman–Crippen LogP) is 3.03. The van der Waals surface area contributed by atoms with Gasteiger partial charge in [-0.1, -0.05) is 18.9 Å². The fourth-order valence-corrected chi connectivity index (χ4v) is 2.28. The fraction of sp³-hybridized carbons (Fsp3) is 0.429. The maximum atomic E-state index is 12.4. The molecule has 17 heavy (non-hydrogen) atoms. The highest BCUT2D eigenvalue weighted by molar-refractivity contribution is 6.10. The van der Waals surface area contributed by atoms with Crippen LogP contribution in [0.3, 0.4) is 0 Å². The van der Waals surface area contributed by atoms with E-state index in [1.54, 1.807) is 26.4 Å². The van der Waals surface area contributed by atoms with Crippen LogP contribution in [0.2, 0.25) is 0 Å². The topological polar surface area (TPSA) is 35.5 Å². The molecule has 3 nitrogen and oxygen atoms in total. The number of carbonyl (C=O) groups excluding carboxylic acids is 1. The Morgan fingerprint density at radius 3 is 2.06 bits per heavy atom. The van der Waals surface area contributed by atoms with E-state index in [4.69, 9.17) is 9.47 Å². The first-order chi connectivity index (χ1) is 8.27. The second kappa shape index (κ2) is 5.21. The molecule has 1 radical (unpaired) electrons. The molecule has 0 bridgehead atoms. The van der Waals surface area contributed by atoms with Gasteiger partial charge in [-0.3, -0.25) is 4.79 Å². The van der Waals surface area contributed by atoms with Gasteiger partial charge in [0.1, 0.15) is 17.1 Å². The maximum Gasteiger partial charge on any atom is 0.177 e. The summed E-state index contributed by atoms with van der Waals surface area (Å²) < 4.78 is 10.5. The van der Waals surface area contributed by atoms with Crippen LogP contribution in [-0.2, 0) is 0 Å². The van der Waals surface area contributed by atoms with Crippen molar-refractivity contribution in [2.24, 2.45) is 0 Å². The van der Waals surface area contributed by atoms with Crippen molar-refractivity contribution >= 4 is 5.78 Å². The molecule has 2 rings (SSSR count). The van der Waals surface area contributed by atoms with Crippen LogP contribution in [0, 0.1) is 5.92 Å². The third kappa shape index (κ3) is 2.28. The van der Waals surface area contributed by atoms with E-state index >= 15 is 0 Å². The SMILES string of the molecule is COc1cccc(OC)c1C(=O)[C]1CCCC1. The highest BCUT2D eigenvalue weighted by Gasteiger charge is 2.29. The Morgan fingerprint density at radius 2 is 1.59 bits per heavy atom. The van der Waals surface area contributed by atoms with Crippen LogP contribution in [0.4, 0.5) is 0 Å². The molecular weight excluding hydrogens is 216 g/mol. The average Bonchev–Trinajstić information content (AvgIpc) is 2.90. The molecule has 0 unspecified atom stereocenters. The first kappa shape index (κ1) is 12.0. The van der Waals surface area contributed by atoms with Gasteiger partial charge in [0.25, 0.3) is 0 Å². The van der Waals surface area contributed by atoms with Crippen LogP contribution in [-0.4, -0.2) is 20.0 Å². The molecule has 1 aromatic carbocycles. The molecule has 0 saturated heterocycles. The van der Waals surface area contributed by atoms with Gasteiger partial charge in [0, 0.05) is 5.92 Å². The van der Waals surface area contributed by atoms with Crippen LogP contribution >= 0.6 is 0 Å². The highest BCUT2D eigenvalue weighted by atomic mass is 16.5. The summed E-state index contributed by atoms with van der Waals surface area (Å²) in [7, 11) is 3.15. The zero-order valence-corrected chi connectivity index (χ0v) is 10.3. The Labute approximate surface area is 102 Å². The molecule has 1 aliphatic rings. The van der Waals surface area contributed by atoms with Gasteiger partial charge in [0.05, 0.1) is 14.2 Å². The number of methoxy groups -OCH3 is 2. The van der Waals surface area contributed by atoms with Crippen molar-refractivity contribution in [3.8, 4) is 11.5 Å². The summed E-state index contributed by atoms with van der Waals surface area (Å²) >= 11 is 0. The molecule has 0 atom stereocenters. The molecule has 0 aliphatic heterocycles. The Kier molecular flexibility index (Phi) is 3.67. The van der Waals surface area contributed by atoms with Gasteiger partial charge < -0.3 is 9.47 Å². The van der Waals surface area contributed by atoms with E-state index in [-0.39, 0.29) is 5.78 Å². The lowest BCUT2D eigenvalue weighted by Crippen LogP contribution is -2.12. The molecule has 0 heterocycles. The summed E-state index contributed by atoms with van der Waals surface area (Å²) in [5, 5.41) is 0. The zero-order chi connectivity index (χ0) is 12.3. The minimum absolute atomic E-state index is 0.0804. The average molecular weight is 233 g/mol. The number of benzene rings is 1. The summed E-state index contributed by atoms with van der Waals surface area (Å²) in [4.78, 5) is 12.4. The van der Waals surface area contributed by atoms with Crippen molar-refractivity contribution < 1.29 is 14.3 Å². The van der Waals surface area contributed by atoms with Gasteiger partial charge in [-0.2, -0.15) is 0 Å². The number of ether oxygens (including phenoxy) is 2. The van der Waals surface area contributed by atoms with E-state index in [1.165, 1.54) is 0 Å². The van der Waals surface area contributed by atoms with Gasteiger partial charge in [-0.05, 0) is 25.0 Å². The van der Waals surface area contributed by atoms with Crippen molar-refractivity contribution in [1.82, 2.24) is 0 Å². The lowest BCUT2D eigenvalue weighted by Gasteiger charge is -2.14. The third-order valence-corrected chi connectivity index (χ3v) is 3.18. The van der Waals surface area contributed by atoms with Crippen molar-refractivity contribution in [2.45, 2.75) is 25.7 Å². The van der Waals surface area contributed by atoms with Gasteiger partial charge in [-0.25, -0.2) is 0 Å². The lowest BCUT2D eigenvalue weighted by atomic mass is 9.95. The Morgan fingerprint density at radius 1 is 1.06 bits per heavy atom. The smallest absolute Gasteiger partial charge is 0.177 e. The van der Waals surface area contributed by atoms with Crippen LogP contribution in [0.15, 0.2) is 18.2 Å². The first-order valence-corrected chi connectivity index (χ1v) is 5.88. The molecule has 0 N–H and O–H groups in total. The standard InChI is InChI=1S/C14H17O3/c1-16-11-8-5-9-12(17-2)13(11)14(15)10-6-3-4-7-10/h5,8-9H,3-4,6-7H2,1-2H3. The van der Waals surface area contributed by atoms with Crippen molar-refractivity contribution in [2.75, 3.05) is 14.2 Å². The van der Waals surface area contributed by atoms with Crippen molar-refractivity contribution in [3.05, 3.63) is 29.7 Å². The Balaban J connectivity index is 2.37. The van der Waals surface area contributed by atoms with Gasteiger partial charge in [0.2, 0.25) is 0 Å². The van der Waals surface area contributed by atoms with E-state index in [9.17, 15) is 4.79 Å². The summed E-state index contributed by atoms with van der Waals surface area (Å²) in [5.41, 5.74) is 0.564. The van der Waals surface area contributed by atoms with Crippen LogP contribution in [0.1, 0.15) is 36.0 Å². The second-order valence-electron chi connectivity index (χ2n) is 4.18. The third-order valence-electron chi connectivity index (χ3n) is 3.18. The number of rotatable bonds is 4. The lowest BCUT2D eigenvalue weighted by molar-refractivity contribution is 0.0995. The van der Waals surface area contributed by atoms with E-state index in [2.05, 4.69) is 0 Å². The van der Waals surface area contributed by atoms with Crippen molar-refractivity contribution in [1.29, 1.82) is 0 Å². The summed E-state index contributed by atoms with van der Waals surface area (Å²) in [6, 6.07) is 5.42. The van der Waals surface area contributed by atoms with Crippen molar-refractivity contribution in [3.63, 3.8) is 0 Å². The summed E-state index contributed by atoms with van der Waals surface area (Å²) in [6.45, 7) is 0. The molecule has 1 saturated carbocycles. The first-order valence-electron chi connectivity index (χ1n) is 5.88. The number of carbonyl (C=O) groups is 1. The van der Waals surface area contributed by atoms with Gasteiger partial charge in [0.15, 0.2) is 5.78 Å². The number of hydrogen-bond acceptors (Lipinski definition) is 3. The predicted molar refractivity (Wildman–Crippen MR) is 65.6 cm³/mol. The van der Waals surface area contributed by atoms with Crippen LogP contribution < -0.4 is 9.47 Å². The molecule has 1 fully saturated rings. The van der Waals surface area contributed by atoms with Crippen LogP contribution in [0.5, 0.6) is 11.5 Å². The Hall–Kier alpha value is -1.51. The van der Waals surface area contributed by atoms with E-state index in [0.29, 0.717) is 17.1 Å². The molecule has 0 spiro atoms. The van der Waals surface area contributed by atoms with E-state index < -0.39 is 0 Å².